The smallest absolute Gasteiger partial charge is 0.224 e. The second-order valence-corrected chi connectivity index (χ2v) is 6.03. The molecule has 0 amide bonds. The van der Waals surface area contributed by atoms with Crippen LogP contribution in [0.5, 0.6) is 0 Å². The summed E-state index contributed by atoms with van der Waals surface area (Å²) >= 11 is 6.15. The summed E-state index contributed by atoms with van der Waals surface area (Å²) in [6.07, 6.45) is 3.04. The molecule has 5 heteroatoms. The molecule has 1 heterocycles. The molecule has 0 spiro atoms. The predicted octanol–water partition coefficient (Wildman–Crippen LogP) is 4.19. The van der Waals surface area contributed by atoms with Gasteiger partial charge in [0.15, 0.2) is 0 Å². The molecule has 1 aliphatic rings. The maximum Gasteiger partial charge on any atom is 0.224 e. The van der Waals surface area contributed by atoms with Crippen molar-refractivity contribution in [3.63, 3.8) is 0 Å². The van der Waals surface area contributed by atoms with Crippen molar-refractivity contribution in [2.24, 2.45) is 0 Å². The lowest BCUT2D eigenvalue weighted by molar-refractivity contribution is 0.589. The van der Waals surface area contributed by atoms with Gasteiger partial charge in [-0.15, -0.1) is 0 Å². The van der Waals surface area contributed by atoms with Gasteiger partial charge in [-0.1, -0.05) is 12.1 Å². The van der Waals surface area contributed by atoms with Crippen LogP contribution in [-0.4, -0.2) is 23.6 Å². The number of aromatic nitrogens is 2. The Bertz CT molecular complexity index is 672. The normalized spacial score (nSPS) is 17.2. The number of nitrogens with zero attached hydrogens (tertiary/aromatic N) is 3. The van der Waals surface area contributed by atoms with Crippen molar-refractivity contribution in [2.75, 3.05) is 18.5 Å². The SMILES string of the molecule is CCN(C)c1nc(Cl)nc2c1CCCC2c1ccc(F)cc1. The fourth-order valence-corrected chi connectivity index (χ4v) is 3.27. The average Bonchev–Trinajstić information content (AvgIpc) is 2.53. The summed E-state index contributed by atoms with van der Waals surface area (Å²) in [5.41, 5.74) is 3.25. The zero-order valence-corrected chi connectivity index (χ0v) is 13.6. The number of benzene rings is 1. The number of hydrogen-bond donors (Lipinski definition) is 0. The van der Waals surface area contributed by atoms with Crippen LogP contribution in [0, 0.1) is 5.82 Å². The molecule has 0 bridgehead atoms. The lowest BCUT2D eigenvalue weighted by Gasteiger charge is -2.29. The summed E-state index contributed by atoms with van der Waals surface area (Å²) in [6, 6.07) is 6.69. The van der Waals surface area contributed by atoms with Gasteiger partial charge in [0.2, 0.25) is 5.28 Å². The number of hydrogen-bond acceptors (Lipinski definition) is 3. The van der Waals surface area contributed by atoms with Crippen LogP contribution in [0.1, 0.15) is 42.5 Å². The van der Waals surface area contributed by atoms with E-state index < -0.39 is 0 Å². The van der Waals surface area contributed by atoms with Crippen molar-refractivity contribution < 1.29 is 4.39 Å². The van der Waals surface area contributed by atoms with E-state index in [1.165, 1.54) is 17.7 Å². The van der Waals surface area contributed by atoms with Crippen LogP contribution >= 0.6 is 11.6 Å². The van der Waals surface area contributed by atoms with Gasteiger partial charge in [0, 0.05) is 25.1 Å². The van der Waals surface area contributed by atoms with Crippen LogP contribution in [0.4, 0.5) is 10.2 Å². The number of fused-ring (bicyclic) bond motifs is 1. The Balaban J connectivity index is 2.09. The highest BCUT2D eigenvalue weighted by molar-refractivity contribution is 6.28. The van der Waals surface area contributed by atoms with Gasteiger partial charge >= 0.3 is 0 Å². The number of halogens is 2. The van der Waals surface area contributed by atoms with Gasteiger partial charge < -0.3 is 4.90 Å². The molecule has 1 unspecified atom stereocenters. The molecule has 1 aliphatic carbocycles. The van der Waals surface area contributed by atoms with E-state index in [9.17, 15) is 4.39 Å². The summed E-state index contributed by atoms with van der Waals surface area (Å²) in [7, 11) is 2.01. The lowest BCUT2D eigenvalue weighted by Crippen LogP contribution is -2.23. The first-order valence-corrected chi connectivity index (χ1v) is 8.01. The molecule has 1 aromatic carbocycles. The Morgan fingerprint density at radius 3 is 2.68 bits per heavy atom. The van der Waals surface area contributed by atoms with Crippen LogP contribution in [0.15, 0.2) is 24.3 Å². The average molecular weight is 320 g/mol. The molecule has 3 nitrogen and oxygen atoms in total. The Morgan fingerprint density at radius 1 is 1.27 bits per heavy atom. The van der Waals surface area contributed by atoms with Crippen LogP contribution in [0.2, 0.25) is 5.28 Å². The third-order valence-corrected chi connectivity index (χ3v) is 4.52. The molecule has 0 fully saturated rings. The maximum absolute atomic E-state index is 13.2. The summed E-state index contributed by atoms with van der Waals surface area (Å²) < 4.78 is 13.2. The Labute approximate surface area is 135 Å². The van der Waals surface area contributed by atoms with E-state index in [0.717, 1.165) is 42.9 Å². The maximum atomic E-state index is 13.2. The molecular weight excluding hydrogens is 301 g/mol. The highest BCUT2D eigenvalue weighted by Crippen LogP contribution is 2.39. The van der Waals surface area contributed by atoms with Crippen molar-refractivity contribution >= 4 is 17.4 Å². The fraction of sp³-hybridized carbons (Fsp3) is 0.412. The molecular formula is C17H19ClFN3. The van der Waals surface area contributed by atoms with E-state index in [4.69, 9.17) is 11.6 Å². The first kappa shape index (κ1) is 15.2. The fourth-order valence-electron chi connectivity index (χ4n) is 3.09. The Hall–Kier alpha value is -1.68. The lowest BCUT2D eigenvalue weighted by atomic mass is 9.82. The highest BCUT2D eigenvalue weighted by atomic mass is 35.5. The number of anilines is 1. The summed E-state index contributed by atoms with van der Waals surface area (Å²) in [5, 5.41) is 0.281. The largest absolute Gasteiger partial charge is 0.360 e. The van der Waals surface area contributed by atoms with E-state index >= 15 is 0 Å². The summed E-state index contributed by atoms with van der Waals surface area (Å²) in [4.78, 5) is 11.0. The molecule has 0 radical (unpaired) electrons. The zero-order valence-electron chi connectivity index (χ0n) is 12.8. The van der Waals surface area contributed by atoms with Crippen LogP contribution < -0.4 is 4.90 Å². The molecule has 116 valence electrons. The van der Waals surface area contributed by atoms with E-state index in [1.807, 2.05) is 19.2 Å². The predicted molar refractivity (Wildman–Crippen MR) is 87.2 cm³/mol. The minimum atomic E-state index is -0.216. The molecule has 0 saturated heterocycles. The van der Waals surface area contributed by atoms with E-state index in [1.54, 1.807) is 0 Å². The van der Waals surface area contributed by atoms with Gasteiger partial charge in [0.25, 0.3) is 0 Å². The monoisotopic (exact) mass is 319 g/mol. The van der Waals surface area contributed by atoms with Crippen molar-refractivity contribution in [1.82, 2.24) is 9.97 Å². The second kappa shape index (κ2) is 6.21. The molecule has 0 N–H and O–H groups in total. The molecule has 1 atom stereocenters. The van der Waals surface area contributed by atoms with Gasteiger partial charge in [-0.05, 0) is 55.5 Å². The standard InChI is InChI=1S/C17H19ClFN3/c1-3-22(2)16-14-6-4-5-13(15(14)20-17(18)21-16)11-7-9-12(19)10-8-11/h7-10,13H,3-6H2,1-2H3. The minimum absolute atomic E-state index is 0.161. The molecule has 0 saturated carbocycles. The third kappa shape index (κ3) is 2.80. The van der Waals surface area contributed by atoms with E-state index in [2.05, 4.69) is 21.8 Å². The molecule has 22 heavy (non-hydrogen) atoms. The highest BCUT2D eigenvalue weighted by Gasteiger charge is 2.27. The van der Waals surface area contributed by atoms with Gasteiger partial charge in [-0.25, -0.2) is 14.4 Å². The first-order chi connectivity index (χ1) is 10.6. The number of rotatable bonds is 3. The summed E-state index contributed by atoms with van der Waals surface area (Å²) in [5.74, 6) is 0.866. The Kier molecular flexibility index (Phi) is 4.30. The van der Waals surface area contributed by atoms with E-state index in [0.29, 0.717) is 0 Å². The van der Waals surface area contributed by atoms with Gasteiger partial charge in [0.1, 0.15) is 11.6 Å². The van der Waals surface area contributed by atoms with Crippen molar-refractivity contribution in [3.05, 3.63) is 52.2 Å². The molecule has 3 rings (SSSR count). The summed E-state index contributed by atoms with van der Waals surface area (Å²) in [6.45, 7) is 2.95. The van der Waals surface area contributed by atoms with Crippen molar-refractivity contribution in [2.45, 2.75) is 32.1 Å². The van der Waals surface area contributed by atoms with E-state index in [-0.39, 0.29) is 17.0 Å². The minimum Gasteiger partial charge on any atom is -0.360 e. The van der Waals surface area contributed by atoms with Crippen molar-refractivity contribution in [1.29, 1.82) is 0 Å². The Morgan fingerprint density at radius 2 is 2.00 bits per heavy atom. The molecule has 0 aliphatic heterocycles. The van der Waals surface area contributed by atoms with Crippen LogP contribution in [-0.2, 0) is 6.42 Å². The molecule has 2 aromatic rings. The van der Waals surface area contributed by atoms with Gasteiger partial charge in [0.05, 0.1) is 5.69 Å². The third-order valence-electron chi connectivity index (χ3n) is 4.35. The van der Waals surface area contributed by atoms with Gasteiger partial charge in [-0.2, -0.15) is 0 Å². The van der Waals surface area contributed by atoms with Crippen LogP contribution in [0.25, 0.3) is 0 Å². The first-order valence-electron chi connectivity index (χ1n) is 7.63. The molecule has 1 aromatic heterocycles. The zero-order chi connectivity index (χ0) is 15.7. The quantitative estimate of drug-likeness (QED) is 0.794. The van der Waals surface area contributed by atoms with Crippen molar-refractivity contribution in [3.8, 4) is 0 Å². The topological polar surface area (TPSA) is 29.0 Å². The van der Waals surface area contributed by atoms with Gasteiger partial charge in [-0.3, -0.25) is 0 Å². The van der Waals surface area contributed by atoms with Crippen LogP contribution in [0.3, 0.4) is 0 Å². The second-order valence-electron chi connectivity index (χ2n) is 5.69.